The van der Waals surface area contributed by atoms with E-state index in [-0.39, 0.29) is 12.5 Å². The first-order valence-electron chi connectivity index (χ1n) is 7.29. The SMILES string of the molecule is C#CCNC(=O)COC(=O)[C@@H](NC(=O)c1ccccc1Br)C(C)C. The van der Waals surface area contributed by atoms with Crippen LogP contribution in [0.25, 0.3) is 0 Å². The molecule has 0 saturated carbocycles. The van der Waals surface area contributed by atoms with Gasteiger partial charge in [-0.2, -0.15) is 0 Å². The normalized spacial score (nSPS) is 11.3. The van der Waals surface area contributed by atoms with E-state index in [9.17, 15) is 14.4 Å². The molecule has 1 aromatic rings. The zero-order valence-corrected chi connectivity index (χ0v) is 15.1. The lowest BCUT2D eigenvalue weighted by Crippen LogP contribution is -2.46. The second-order valence-electron chi connectivity index (χ2n) is 5.26. The first kappa shape index (κ1) is 19.7. The highest BCUT2D eigenvalue weighted by atomic mass is 79.9. The second kappa shape index (κ2) is 9.73. The molecule has 0 heterocycles. The summed E-state index contributed by atoms with van der Waals surface area (Å²) in [5, 5.41) is 5.02. The average molecular weight is 395 g/mol. The number of carbonyl (C=O) groups is 3. The van der Waals surface area contributed by atoms with Gasteiger partial charge in [-0.3, -0.25) is 9.59 Å². The van der Waals surface area contributed by atoms with E-state index in [4.69, 9.17) is 11.2 Å². The lowest BCUT2D eigenvalue weighted by molar-refractivity contribution is -0.151. The van der Waals surface area contributed by atoms with Crippen molar-refractivity contribution in [1.29, 1.82) is 0 Å². The van der Waals surface area contributed by atoms with E-state index in [2.05, 4.69) is 32.5 Å². The van der Waals surface area contributed by atoms with Crippen LogP contribution in [0.1, 0.15) is 24.2 Å². The van der Waals surface area contributed by atoms with Crippen LogP contribution in [-0.4, -0.2) is 37.0 Å². The maximum Gasteiger partial charge on any atom is 0.329 e. The summed E-state index contributed by atoms with van der Waals surface area (Å²) in [7, 11) is 0. The van der Waals surface area contributed by atoms with Crippen LogP contribution < -0.4 is 10.6 Å². The Morgan fingerprint density at radius 2 is 1.96 bits per heavy atom. The predicted octanol–water partition coefficient (Wildman–Crippen LogP) is 1.50. The molecule has 1 rings (SSSR count). The number of ether oxygens (including phenoxy) is 1. The van der Waals surface area contributed by atoms with Gasteiger partial charge in [-0.05, 0) is 34.0 Å². The smallest absolute Gasteiger partial charge is 0.329 e. The Bertz CT molecular complexity index is 652. The highest BCUT2D eigenvalue weighted by Gasteiger charge is 2.27. The zero-order valence-electron chi connectivity index (χ0n) is 13.5. The summed E-state index contributed by atoms with van der Waals surface area (Å²) in [5.41, 5.74) is 0.405. The third kappa shape index (κ3) is 6.05. The zero-order chi connectivity index (χ0) is 18.1. The number of nitrogens with one attached hydrogen (secondary N) is 2. The minimum absolute atomic E-state index is 0.0583. The molecule has 1 aromatic carbocycles. The molecule has 0 radical (unpaired) electrons. The van der Waals surface area contributed by atoms with E-state index in [1.54, 1.807) is 38.1 Å². The molecule has 2 N–H and O–H groups in total. The molecule has 0 saturated heterocycles. The van der Waals surface area contributed by atoms with Crippen LogP contribution in [0.4, 0.5) is 0 Å². The Hall–Kier alpha value is -2.33. The highest BCUT2D eigenvalue weighted by molar-refractivity contribution is 9.10. The number of halogens is 1. The molecule has 0 aromatic heterocycles. The Morgan fingerprint density at radius 3 is 2.54 bits per heavy atom. The van der Waals surface area contributed by atoms with Crippen LogP contribution in [0.2, 0.25) is 0 Å². The van der Waals surface area contributed by atoms with E-state index >= 15 is 0 Å². The van der Waals surface area contributed by atoms with Gasteiger partial charge < -0.3 is 15.4 Å². The number of hydrogen-bond donors (Lipinski definition) is 2. The molecular weight excluding hydrogens is 376 g/mol. The van der Waals surface area contributed by atoms with Crippen molar-refractivity contribution in [1.82, 2.24) is 10.6 Å². The number of amides is 2. The Balaban J connectivity index is 2.68. The molecular formula is C17H19BrN2O4. The molecule has 0 aliphatic carbocycles. The summed E-state index contributed by atoms with van der Waals surface area (Å²) < 4.78 is 5.56. The Morgan fingerprint density at radius 1 is 1.29 bits per heavy atom. The molecule has 0 fully saturated rings. The first-order chi connectivity index (χ1) is 11.4. The van der Waals surface area contributed by atoms with Crippen molar-refractivity contribution in [2.75, 3.05) is 13.2 Å². The molecule has 128 valence electrons. The number of carbonyl (C=O) groups excluding carboxylic acids is 3. The van der Waals surface area contributed by atoms with Crippen LogP contribution in [0.5, 0.6) is 0 Å². The third-order valence-electron chi connectivity index (χ3n) is 3.06. The Labute approximate surface area is 149 Å². The molecule has 24 heavy (non-hydrogen) atoms. The van der Waals surface area contributed by atoms with E-state index in [1.807, 2.05) is 0 Å². The minimum Gasteiger partial charge on any atom is -0.454 e. The standard InChI is InChI=1S/C17H19BrN2O4/c1-4-9-19-14(21)10-24-17(23)15(11(2)3)20-16(22)12-7-5-6-8-13(12)18/h1,5-8,11,15H,9-10H2,2-3H3,(H,19,21)(H,20,22)/t15-/m0/s1. The van der Waals surface area contributed by atoms with Gasteiger partial charge in [0.25, 0.3) is 11.8 Å². The summed E-state index contributed by atoms with van der Waals surface area (Å²) in [4.78, 5) is 35.9. The lowest BCUT2D eigenvalue weighted by Gasteiger charge is -2.21. The molecule has 1 atom stereocenters. The minimum atomic E-state index is -0.870. The van der Waals surface area contributed by atoms with E-state index in [0.29, 0.717) is 10.0 Å². The summed E-state index contributed by atoms with van der Waals surface area (Å²) in [6.45, 7) is 3.15. The van der Waals surface area contributed by atoms with Gasteiger partial charge >= 0.3 is 5.97 Å². The van der Waals surface area contributed by atoms with Gasteiger partial charge in [0.05, 0.1) is 12.1 Å². The summed E-state index contributed by atoms with van der Waals surface area (Å²) in [6, 6.07) is 6.00. The fourth-order valence-corrected chi connectivity index (χ4v) is 2.25. The average Bonchev–Trinajstić information content (AvgIpc) is 2.55. The van der Waals surface area contributed by atoms with Crippen LogP contribution in [0, 0.1) is 18.3 Å². The van der Waals surface area contributed by atoms with Crippen molar-refractivity contribution in [3.63, 3.8) is 0 Å². The molecule has 7 heteroatoms. The van der Waals surface area contributed by atoms with Gasteiger partial charge in [0.1, 0.15) is 6.04 Å². The summed E-state index contributed by atoms with van der Waals surface area (Å²) >= 11 is 3.29. The predicted molar refractivity (Wildman–Crippen MR) is 93.0 cm³/mol. The number of esters is 1. The van der Waals surface area contributed by atoms with Gasteiger partial charge in [0.15, 0.2) is 6.61 Å². The number of terminal acetylenes is 1. The van der Waals surface area contributed by atoms with E-state index in [1.165, 1.54) is 0 Å². The molecule has 0 unspecified atom stereocenters. The van der Waals surface area contributed by atoms with Gasteiger partial charge in [-0.15, -0.1) is 6.42 Å². The maximum atomic E-state index is 12.3. The summed E-state index contributed by atoms with van der Waals surface area (Å²) in [6.07, 6.45) is 5.02. The monoisotopic (exact) mass is 394 g/mol. The molecule has 0 bridgehead atoms. The fraction of sp³-hybridized carbons (Fsp3) is 0.353. The number of benzene rings is 1. The lowest BCUT2D eigenvalue weighted by atomic mass is 10.0. The first-order valence-corrected chi connectivity index (χ1v) is 8.08. The number of rotatable bonds is 7. The largest absolute Gasteiger partial charge is 0.454 e. The molecule has 0 aliphatic heterocycles. The van der Waals surface area contributed by atoms with Crippen LogP contribution in [0.3, 0.4) is 0 Å². The molecule has 0 spiro atoms. The van der Waals surface area contributed by atoms with Crippen LogP contribution in [-0.2, 0) is 14.3 Å². The van der Waals surface area contributed by atoms with Crippen molar-refractivity contribution >= 4 is 33.7 Å². The second-order valence-corrected chi connectivity index (χ2v) is 6.12. The van der Waals surface area contributed by atoms with Crippen molar-refractivity contribution in [3.8, 4) is 12.3 Å². The van der Waals surface area contributed by atoms with Gasteiger partial charge in [-0.25, -0.2) is 4.79 Å². The fourth-order valence-electron chi connectivity index (χ4n) is 1.79. The van der Waals surface area contributed by atoms with Crippen molar-refractivity contribution in [2.45, 2.75) is 19.9 Å². The topological polar surface area (TPSA) is 84.5 Å². The van der Waals surface area contributed by atoms with Gasteiger partial charge in [0.2, 0.25) is 0 Å². The van der Waals surface area contributed by atoms with Crippen molar-refractivity contribution in [3.05, 3.63) is 34.3 Å². The molecule has 0 aliphatic rings. The van der Waals surface area contributed by atoms with Gasteiger partial charge in [0, 0.05) is 4.47 Å². The summed E-state index contributed by atoms with van der Waals surface area (Å²) in [5.74, 6) is 0.446. The third-order valence-corrected chi connectivity index (χ3v) is 3.75. The van der Waals surface area contributed by atoms with Gasteiger partial charge in [-0.1, -0.05) is 31.9 Å². The van der Waals surface area contributed by atoms with E-state index < -0.39 is 30.4 Å². The Kier molecular flexibility index (Phi) is 7.99. The highest BCUT2D eigenvalue weighted by Crippen LogP contribution is 2.16. The van der Waals surface area contributed by atoms with Crippen molar-refractivity contribution in [2.24, 2.45) is 5.92 Å². The van der Waals surface area contributed by atoms with Crippen LogP contribution >= 0.6 is 15.9 Å². The maximum absolute atomic E-state index is 12.3. The number of hydrogen-bond acceptors (Lipinski definition) is 4. The van der Waals surface area contributed by atoms with Crippen molar-refractivity contribution < 1.29 is 19.1 Å². The molecule has 6 nitrogen and oxygen atoms in total. The quantitative estimate of drug-likeness (QED) is 0.541. The van der Waals surface area contributed by atoms with E-state index in [0.717, 1.165) is 0 Å². The molecule has 2 amide bonds. The van der Waals surface area contributed by atoms with Crippen LogP contribution in [0.15, 0.2) is 28.7 Å².